The standard InChI is InChI=1S/C17H19NO3S/c1-20-13-9-7-12(8-10-13)14(17(19)21-2)11-22-16-6-4-3-5-15(16)18/h3-10,14H,11,18H2,1-2H3. The van der Waals surface area contributed by atoms with Crippen LogP contribution in [0.4, 0.5) is 5.69 Å². The number of esters is 1. The summed E-state index contributed by atoms with van der Waals surface area (Å²) >= 11 is 1.55. The van der Waals surface area contributed by atoms with E-state index in [4.69, 9.17) is 15.2 Å². The van der Waals surface area contributed by atoms with Gasteiger partial charge in [0.15, 0.2) is 0 Å². The fourth-order valence-corrected chi connectivity index (χ4v) is 3.15. The third-order valence-electron chi connectivity index (χ3n) is 3.33. The summed E-state index contributed by atoms with van der Waals surface area (Å²) in [5, 5.41) is 0. The number of hydrogen-bond acceptors (Lipinski definition) is 5. The van der Waals surface area contributed by atoms with Gasteiger partial charge in [-0.15, -0.1) is 11.8 Å². The molecule has 2 aromatic rings. The van der Waals surface area contributed by atoms with Crippen LogP contribution >= 0.6 is 11.8 Å². The highest BCUT2D eigenvalue weighted by Gasteiger charge is 2.22. The maximum absolute atomic E-state index is 12.1. The Labute approximate surface area is 134 Å². The Kier molecular flexibility index (Phi) is 5.72. The number of nitrogens with two attached hydrogens (primary N) is 1. The predicted molar refractivity (Wildman–Crippen MR) is 89.3 cm³/mol. The molecular weight excluding hydrogens is 298 g/mol. The third kappa shape index (κ3) is 3.95. The molecule has 22 heavy (non-hydrogen) atoms. The topological polar surface area (TPSA) is 61.5 Å². The van der Waals surface area contributed by atoms with E-state index in [1.165, 1.54) is 7.11 Å². The SMILES string of the molecule is COC(=O)C(CSc1ccccc1N)c1ccc(OC)cc1. The minimum atomic E-state index is -0.347. The van der Waals surface area contributed by atoms with E-state index in [-0.39, 0.29) is 11.9 Å². The van der Waals surface area contributed by atoms with E-state index in [0.717, 1.165) is 16.2 Å². The maximum Gasteiger partial charge on any atom is 0.313 e. The van der Waals surface area contributed by atoms with E-state index in [2.05, 4.69) is 0 Å². The molecule has 5 heteroatoms. The van der Waals surface area contributed by atoms with E-state index in [1.807, 2.05) is 48.5 Å². The van der Waals surface area contributed by atoms with Crippen molar-refractivity contribution in [3.63, 3.8) is 0 Å². The second kappa shape index (κ2) is 7.75. The Hall–Kier alpha value is -2.14. The van der Waals surface area contributed by atoms with Crippen LogP contribution in [0.2, 0.25) is 0 Å². The molecule has 0 aromatic heterocycles. The zero-order chi connectivity index (χ0) is 15.9. The first-order chi connectivity index (χ1) is 10.7. The summed E-state index contributed by atoms with van der Waals surface area (Å²) in [6, 6.07) is 15.1. The summed E-state index contributed by atoms with van der Waals surface area (Å²) in [6.07, 6.45) is 0. The lowest BCUT2D eigenvalue weighted by molar-refractivity contribution is -0.141. The van der Waals surface area contributed by atoms with Crippen LogP contribution in [-0.2, 0) is 9.53 Å². The molecule has 1 unspecified atom stereocenters. The van der Waals surface area contributed by atoms with Crippen LogP contribution < -0.4 is 10.5 Å². The van der Waals surface area contributed by atoms with Gasteiger partial charge in [0, 0.05) is 16.3 Å². The van der Waals surface area contributed by atoms with Crippen molar-refractivity contribution in [2.45, 2.75) is 10.8 Å². The van der Waals surface area contributed by atoms with Crippen molar-refractivity contribution in [3.8, 4) is 5.75 Å². The first-order valence-corrected chi connectivity index (χ1v) is 7.83. The number of thioether (sulfide) groups is 1. The molecule has 0 aliphatic rings. The highest BCUT2D eigenvalue weighted by Crippen LogP contribution is 2.31. The Morgan fingerprint density at radius 1 is 1.14 bits per heavy atom. The van der Waals surface area contributed by atoms with Gasteiger partial charge in [-0.3, -0.25) is 4.79 Å². The number of hydrogen-bond donors (Lipinski definition) is 1. The number of para-hydroxylation sites is 1. The zero-order valence-electron chi connectivity index (χ0n) is 12.6. The van der Waals surface area contributed by atoms with Crippen molar-refractivity contribution in [1.29, 1.82) is 0 Å². The number of benzene rings is 2. The normalized spacial score (nSPS) is 11.7. The van der Waals surface area contributed by atoms with E-state index >= 15 is 0 Å². The molecule has 0 aliphatic carbocycles. The number of ether oxygens (including phenoxy) is 2. The quantitative estimate of drug-likeness (QED) is 0.503. The number of rotatable bonds is 6. The van der Waals surface area contributed by atoms with Gasteiger partial charge in [0.25, 0.3) is 0 Å². The average molecular weight is 317 g/mol. The van der Waals surface area contributed by atoms with Gasteiger partial charge in [-0.1, -0.05) is 24.3 Å². The number of carbonyl (C=O) groups is 1. The highest BCUT2D eigenvalue weighted by atomic mass is 32.2. The van der Waals surface area contributed by atoms with Crippen LogP contribution in [0.25, 0.3) is 0 Å². The molecule has 0 radical (unpaired) electrons. The Bertz CT molecular complexity index is 628. The molecule has 2 N–H and O–H groups in total. The second-order valence-electron chi connectivity index (χ2n) is 4.70. The summed E-state index contributed by atoms with van der Waals surface area (Å²) in [5.41, 5.74) is 7.55. The molecule has 0 amide bonds. The van der Waals surface area contributed by atoms with Gasteiger partial charge in [0.1, 0.15) is 5.75 Å². The summed E-state index contributed by atoms with van der Waals surface area (Å²) < 4.78 is 10.1. The Balaban J connectivity index is 2.15. The van der Waals surface area contributed by atoms with Gasteiger partial charge in [0.2, 0.25) is 0 Å². The third-order valence-corrected chi connectivity index (χ3v) is 4.51. The van der Waals surface area contributed by atoms with Gasteiger partial charge in [-0.05, 0) is 29.8 Å². The lowest BCUT2D eigenvalue weighted by Crippen LogP contribution is -2.16. The first kappa shape index (κ1) is 16.2. The molecule has 0 saturated heterocycles. The van der Waals surface area contributed by atoms with E-state index < -0.39 is 0 Å². The van der Waals surface area contributed by atoms with Crippen molar-refractivity contribution in [1.82, 2.24) is 0 Å². The van der Waals surface area contributed by atoms with Crippen LogP contribution in [-0.4, -0.2) is 25.9 Å². The molecule has 0 aliphatic heterocycles. The minimum absolute atomic E-state index is 0.257. The van der Waals surface area contributed by atoms with Crippen molar-refractivity contribution in [3.05, 3.63) is 54.1 Å². The van der Waals surface area contributed by atoms with E-state index in [1.54, 1.807) is 18.9 Å². The van der Waals surface area contributed by atoms with Gasteiger partial charge in [-0.2, -0.15) is 0 Å². The highest BCUT2D eigenvalue weighted by molar-refractivity contribution is 7.99. The van der Waals surface area contributed by atoms with Crippen LogP contribution in [0.5, 0.6) is 5.75 Å². The summed E-state index contributed by atoms with van der Waals surface area (Å²) in [5.74, 6) is 0.715. The molecule has 116 valence electrons. The Morgan fingerprint density at radius 2 is 1.82 bits per heavy atom. The molecular formula is C17H19NO3S. The average Bonchev–Trinajstić information content (AvgIpc) is 2.56. The van der Waals surface area contributed by atoms with Crippen LogP contribution in [0.1, 0.15) is 11.5 Å². The number of methoxy groups -OCH3 is 2. The largest absolute Gasteiger partial charge is 0.497 e. The number of anilines is 1. The minimum Gasteiger partial charge on any atom is -0.497 e. The van der Waals surface area contributed by atoms with Gasteiger partial charge in [-0.25, -0.2) is 0 Å². The molecule has 1 atom stereocenters. The fraction of sp³-hybridized carbons (Fsp3) is 0.235. The second-order valence-corrected chi connectivity index (χ2v) is 5.76. The molecule has 0 saturated carbocycles. The number of nitrogen functional groups attached to an aromatic ring is 1. The van der Waals surface area contributed by atoms with Gasteiger partial charge < -0.3 is 15.2 Å². The first-order valence-electron chi connectivity index (χ1n) is 6.84. The monoisotopic (exact) mass is 317 g/mol. The summed E-state index contributed by atoms with van der Waals surface area (Å²) in [7, 11) is 3.02. The van der Waals surface area contributed by atoms with Crippen LogP contribution in [0, 0.1) is 0 Å². The molecule has 0 fully saturated rings. The molecule has 0 bridgehead atoms. The molecule has 0 spiro atoms. The molecule has 4 nitrogen and oxygen atoms in total. The fourth-order valence-electron chi connectivity index (χ4n) is 2.06. The van der Waals surface area contributed by atoms with E-state index in [0.29, 0.717) is 11.4 Å². The molecule has 0 heterocycles. The molecule has 2 rings (SSSR count). The lowest BCUT2D eigenvalue weighted by Gasteiger charge is -2.15. The van der Waals surface area contributed by atoms with Crippen molar-refractivity contribution in [2.75, 3.05) is 25.7 Å². The van der Waals surface area contributed by atoms with Crippen molar-refractivity contribution >= 4 is 23.4 Å². The molecule has 2 aromatic carbocycles. The van der Waals surface area contributed by atoms with Crippen molar-refractivity contribution in [2.24, 2.45) is 0 Å². The van der Waals surface area contributed by atoms with Crippen molar-refractivity contribution < 1.29 is 14.3 Å². The van der Waals surface area contributed by atoms with Gasteiger partial charge in [0.05, 0.1) is 20.1 Å². The lowest BCUT2D eigenvalue weighted by atomic mass is 10.0. The summed E-state index contributed by atoms with van der Waals surface area (Å²) in [6.45, 7) is 0. The van der Waals surface area contributed by atoms with Crippen LogP contribution in [0.15, 0.2) is 53.4 Å². The zero-order valence-corrected chi connectivity index (χ0v) is 13.4. The van der Waals surface area contributed by atoms with Crippen LogP contribution in [0.3, 0.4) is 0 Å². The predicted octanol–water partition coefficient (Wildman–Crippen LogP) is 3.33. The number of carbonyl (C=O) groups excluding carboxylic acids is 1. The summed E-state index contributed by atoms with van der Waals surface area (Å²) in [4.78, 5) is 13.0. The van der Waals surface area contributed by atoms with E-state index in [9.17, 15) is 4.79 Å². The Morgan fingerprint density at radius 3 is 2.41 bits per heavy atom. The van der Waals surface area contributed by atoms with Gasteiger partial charge >= 0.3 is 5.97 Å². The maximum atomic E-state index is 12.1. The smallest absolute Gasteiger partial charge is 0.313 e.